The quantitative estimate of drug-likeness (QED) is 0.688. The van der Waals surface area contributed by atoms with Gasteiger partial charge < -0.3 is 14.6 Å². The number of methoxy groups -OCH3 is 1. The van der Waals surface area contributed by atoms with Crippen molar-refractivity contribution in [3.63, 3.8) is 0 Å². The maximum absolute atomic E-state index is 13.6. The van der Waals surface area contributed by atoms with Gasteiger partial charge in [-0.15, -0.1) is 0 Å². The van der Waals surface area contributed by atoms with Crippen molar-refractivity contribution in [1.82, 2.24) is 0 Å². The summed E-state index contributed by atoms with van der Waals surface area (Å²) in [5.74, 6) is -1.13. The number of esters is 1. The van der Waals surface area contributed by atoms with Gasteiger partial charge in [0.1, 0.15) is 5.82 Å². The van der Waals surface area contributed by atoms with Crippen LogP contribution in [-0.2, 0) is 6.61 Å². The van der Waals surface area contributed by atoms with E-state index in [9.17, 15) is 9.18 Å². The Hall–Kier alpha value is -2.40. The molecule has 0 saturated carbocycles. The Morgan fingerprint density at radius 3 is 2.50 bits per heavy atom. The maximum atomic E-state index is 13.6. The number of halogens is 1. The standard InChI is InChI=1S/C15H13FO4/c1-19-13-7-11(9-17)12(16)8-14(13)20-15(18)10-5-3-2-4-6-10/h2-8,17H,9H2,1H3. The zero-order valence-electron chi connectivity index (χ0n) is 10.8. The summed E-state index contributed by atoms with van der Waals surface area (Å²) in [5.41, 5.74) is 0.419. The number of benzene rings is 2. The lowest BCUT2D eigenvalue weighted by Crippen LogP contribution is -2.09. The van der Waals surface area contributed by atoms with Crippen LogP contribution in [0.5, 0.6) is 11.5 Å². The van der Waals surface area contributed by atoms with E-state index in [4.69, 9.17) is 14.6 Å². The third-order valence-corrected chi connectivity index (χ3v) is 2.72. The Bertz CT molecular complexity index is 611. The first kappa shape index (κ1) is 14.0. The molecule has 0 bridgehead atoms. The predicted molar refractivity (Wildman–Crippen MR) is 70.3 cm³/mol. The van der Waals surface area contributed by atoms with Gasteiger partial charge in [-0.1, -0.05) is 18.2 Å². The molecule has 2 rings (SSSR count). The zero-order valence-corrected chi connectivity index (χ0v) is 10.8. The van der Waals surface area contributed by atoms with Crippen molar-refractivity contribution < 1.29 is 23.8 Å². The third-order valence-electron chi connectivity index (χ3n) is 2.72. The molecule has 0 saturated heterocycles. The molecule has 0 spiro atoms. The molecule has 0 fully saturated rings. The molecule has 0 atom stereocenters. The van der Waals surface area contributed by atoms with Crippen molar-refractivity contribution in [2.24, 2.45) is 0 Å². The van der Waals surface area contributed by atoms with Crippen molar-refractivity contribution in [1.29, 1.82) is 0 Å². The monoisotopic (exact) mass is 276 g/mol. The minimum absolute atomic E-state index is 0.0314. The Morgan fingerprint density at radius 1 is 1.20 bits per heavy atom. The third kappa shape index (κ3) is 2.95. The van der Waals surface area contributed by atoms with Crippen LogP contribution in [0.25, 0.3) is 0 Å². The first-order valence-electron chi connectivity index (χ1n) is 5.90. The average Bonchev–Trinajstić information content (AvgIpc) is 2.48. The number of aliphatic hydroxyl groups is 1. The van der Waals surface area contributed by atoms with Crippen molar-refractivity contribution >= 4 is 5.97 Å². The van der Waals surface area contributed by atoms with Gasteiger partial charge in [-0.3, -0.25) is 0 Å². The van der Waals surface area contributed by atoms with E-state index in [1.807, 2.05) is 0 Å². The molecule has 0 aliphatic rings. The van der Waals surface area contributed by atoms with Gasteiger partial charge in [-0.2, -0.15) is 0 Å². The molecule has 0 radical (unpaired) electrons. The molecule has 0 aliphatic heterocycles. The first-order chi connectivity index (χ1) is 9.65. The summed E-state index contributed by atoms with van der Waals surface area (Å²) in [6, 6.07) is 10.7. The van der Waals surface area contributed by atoms with Gasteiger partial charge in [0.2, 0.25) is 0 Å². The summed E-state index contributed by atoms with van der Waals surface area (Å²) in [5, 5.41) is 8.99. The normalized spacial score (nSPS) is 10.2. The Balaban J connectivity index is 2.29. The zero-order chi connectivity index (χ0) is 14.5. The fraction of sp³-hybridized carbons (Fsp3) is 0.133. The van der Waals surface area contributed by atoms with Crippen LogP contribution < -0.4 is 9.47 Å². The lowest BCUT2D eigenvalue weighted by molar-refractivity contribution is 0.0729. The van der Waals surface area contributed by atoms with Crippen LogP contribution in [0.15, 0.2) is 42.5 Å². The van der Waals surface area contributed by atoms with Crippen LogP contribution in [0, 0.1) is 5.82 Å². The van der Waals surface area contributed by atoms with E-state index >= 15 is 0 Å². The van der Waals surface area contributed by atoms with E-state index < -0.39 is 18.4 Å². The maximum Gasteiger partial charge on any atom is 0.343 e. The Labute approximate surface area is 115 Å². The number of ether oxygens (including phenoxy) is 2. The second-order valence-corrected chi connectivity index (χ2v) is 4.01. The molecule has 0 aliphatic carbocycles. The highest BCUT2D eigenvalue weighted by Crippen LogP contribution is 2.30. The van der Waals surface area contributed by atoms with Gasteiger partial charge in [0.05, 0.1) is 19.3 Å². The van der Waals surface area contributed by atoms with Crippen LogP contribution >= 0.6 is 0 Å². The summed E-state index contributed by atoms with van der Waals surface area (Å²) in [7, 11) is 1.37. The molecule has 2 aromatic rings. The minimum Gasteiger partial charge on any atom is -0.493 e. The number of carbonyl (C=O) groups excluding carboxylic acids is 1. The van der Waals surface area contributed by atoms with Crippen LogP contribution in [0.3, 0.4) is 0 Å². The molecule has 0 heterocycles. The number of hydrogen-bond acceptors (Lipinski definition) is 4. The van der Waals surface area contributed by atoms with E-state index in [2.05, 4.69) is 0 Å². The first-order valence-corrected chi connectivity index (χ1v) is 5.90. The fourth-order valence-electron chi connectivity index (χ4n) is 1.67. The van der Waals surface area contributed by atoms with Crippen LogP contribution in [-0.4, -0.2) is 18.2 Å². The smallest absolute Gasteiger partial charge is 0.343 e. The number of carbonyl (C=O) groups is 1. The van der Waals surface area contributed by atoms with Gasteiger partial charge >= 0.3 is 5.97 Å². The van der Waals surface area contributed by atoms with Gasteiger partial charge in [0, 0.05) is 11.6 Å². The van der Waals surface area contributed by atoms with Crippen LogP contribution in [0.2, 0.25) is 0 Å². The molecule has 104 valence electrons. The Kier molecular flexibility index (Phi) is 4.32. The number of aliphatic hydroxyl groups excluding tert-OH is 1. The average molecular weight is 276 g/mol. The summed E-state index contributed by atoms with van der Waals surface area (Å²) < 4.78 is 23.8. The van der Waals surface area contributed by atoms with E-state index in [0.29, 0.717) is 5.56 Å². The highest BCUT2D eigenvalue weighted by Gasteiger charge is 2.15. The molecule has 20 heavy (non-hydrogen) atoms. The second-order valence-electron chi connectivity index (χ2n) is 4.01. The number of rotatable bonds is 4. The second kappa shape index (κ2) is 6.16. The topological polar surface area (TPSA) is 55.8 Å². The van der Waals surface area contributed by atoms with Crippen molar-refractivity contribution in [3.8, 4) is 11.5 Å². The summed E-state index contributed by atoms with van der Waals surface area (Å²) in [4.78, 5) is 11.9. The largest absolute Gasteiger partial charge is 0.493 e. The summed E-state index contributed by atoms with van der Waals surface area (Å²) in [6.07, 6.45) is 0. The van der Waals surface area contributed by atoms with E-state index in [1.54, 1.807) is 30.3 Å². The molecule has 0 amide bonds. The molecular formula is C15H13FO4. The molecule has 1 N–H and O–H groups in total. The Morgan fingerprint density at radius 2 is 1.90 bits per heavy atom. The summed E-state index contributed by atoms with van der Waals surface area (Å²) in [6.45, 7) is -0.463. The van der Waals surface area contributed by atoms with Gasteiger partial charge in [-0.25, -0.2) is 9.18 Å². The molecular weight excluding hydrogens is 263 g/mol. The predicted octanol–water partition coefficient (Wildman–Crippen LogP) is 2.55. The van der Waals surface area contributed by atoms with E-state index in [0.717, 1.165) is 6.07 Å². The molecule has 2 aromatic carbocycles. The SMILES string of the molecule is COc1cc(CO)c(F)cc1OC(=O)c1ccccc1. The fourth-order valence-corrected chi connectivity index (χ4v) is 1.67. The molecule has 5 heteroatoms. The van der Waals surface area contributed by atoms with Gasteiger partial charge in [-0.05, 0) is 18.2 Å². The van der Waals surface area contributed by atoms with Gasteiger partial charge in [0.15, 0.2) is 11.5 Å². The van der Waals surface area contributed by atoms with Crippen LogP contribution in [0.4, 0.5) is 4.39 Å². The summed E-state index contributed by atoms with van der Waals surface area (Å²) >= 11 is 0. The van der Waals surface area contributed by atoms with Gasteiger partial charge in [0.25, 0.3) is 0 Å². The van der Waals surface area contributed by atoms with Crippen molar-refractivity contribution in [3.05, 3.63) is 59.4 Å². The highest BCUT2D eigenvalue weighted by atomic mass is 19.1. The minimum atomic E-state index is -0.663. The number of hydrogen-bond donors (Lipinski definition) is 1. The highest BCUT2D eigenvalue weighted by molar-refractivity contribution is 5.91. The van der Waals surface area contributed by atoms with Crippen LogP contribution in [0.1, 0.15) is 15.9 Å². The lowest BCUT2D eigenvalue weighted by Gasteiger charge is -2.11. The molecule has 0 aromatic heterocycles. The molecule has 4 nitrogen and oxygen atoms in total. The van der Waals surface area contributed by atoms with Crippen molar-refractivity contribution in [2.75, 3.05) is 7.11 Å². The van der Waals surface area contributed by atoms with E-state index in [1.165, 1.54) is 13.2 Å². The van der Waals surface area contributed by atoms with E-state index in [-0.39, 0.29) is 17.1 Å². The molecule has 0 unspecified atom stereocenters. The lowest BCUT2D eigenvalue weighted by atomic mass is 10.2. The van der Waals surface area contributed by atoms with Crippen molar-refractivity contribution in [2.45, 2.75) is 6.61 Å².